The maximum atomic E-state index is 12.3. The molecule has 1 aromatic carbocycles. The summed E-state index contributed by atoms with van der Waals surface area (Å²) in [5.74, 6) is -0.104. The van der Waals surface area contributed by atoms with Crippen LogP contribution in [0.1, 0.15) is 16.1 Å². The first kappa shape index (κ1) is 14.2. The molecule has 2 aromatic rings. The highest BCUT2D eigenvalue weighted by atomic mass is 79.9. The van der Waals surface area contributed by atoms with Gasteiger partial charge in [-0.05, 0) is 45.8 Å². The number of aromatic nitrogens is 1. The topological polar surface area (TPSA) is 33.2 Å². The van der Waals surface area contributed by atoms with Crippen LogP contribution in [-0.2, 0) is 6.54 Å². The second kappa shape index (κ2) is 6.30. The zero-order chi connectivity index (χ0) is 13.8. The van der Waals surface area contributed by atoms with Crippen molar-refractivity contribution in [2.24, 2.45) is 0 Å². The van der Waals surface area contributed by atoms with Crippen molar-refractivity contribution in [2.45, 2.75) is 6.54 Å². The molecule has 0 radical (unpaired) electrons. The molecule has 0 saturated heterocycles. The van der Waals surface area contributed by atoms with E-state index in [1.165, 1.54) is 0 Å². The summed E-state index contributed by atoms with van der Waals surface area (Å²) in [4.78, 5) is 18.0. The van der Waals surface area contributed by atoms with E-state index < -0.39 is 0 Å². The Balaban J connectivity index is 2.14. The van der Waals surface area contributed by atoms with Gasteiger partial charge in [-0.25, -0.2) is 4.98 Å². The number of nitrogens with zero attached hydrogens (tertiary/aromatic N) is 2. The Morgan fingerprint density at radius 2 is 2.05 bits per heavy atom. The van der Waals surface area contributed by atoms with Gasteiger partial charge in [0.05, 0.1) is 0 Å². The molecule has 1 aromatic heterocycles. The van der Waals surface area contributed by atoms with Crippen molar-refractivity contribution < 1.29 is 4.79 Å². The van der Waals surface area contributed by atoms with Gasteiger partial charge in [-0.15, -0.1) is 0 Å². The molecule has 5 heteroatoms. The zero-order valence-corrected chi connectivity index (χ0v) is 13.5. The third-order valence-electron chi connectivity index (χ3n) is 2.62. The number of halogens is 2. The Bertz CT molecular complexity index is 602. The fraction of sp³-hybridized carbons (Fsp3) is 0.143. The van der Waals surface area contributed by atoms with E-state index in [-0.39, 0.29) is 5.91 Å². The van der Waals surface area contributed by atoms with E-state index >= 15 is 0 Å². The third kappa shape index (κ3) is 3.64. The van der Waals surface area contributed by atoms with E-state index in [2.05, 4.69) is 36.8 Å². The molecule has 0 unspecified atom stereocenters. The fourth-order valence-corrected chi connectivity index (χ4v) is 2.58. The number of carbonyl (C=O) groups is 1. The predicted molar refractivity (Wildman–Crippen MR) is 81.9 cm³/mol. The van der Waals surface area contributed by atoms with Crippen LogP contribution in [0.15, 0.2) is 51.5 Å². The van der Waals surface area contributed by atoms with Gasteiger partial charge in [0.2, 0.25) is 0 Å². The van der Waals surface area contributed by atoms with Crippen molar-refractivity contribution in [1.29, 1.82) is 0 Å². The highest BCUT2D eigenvalue weighted by molar-refractivity contribution is 9.10. The van der Waals surface area contributed by atoms with Gasteiger partial charge in [-0.1, -0.05) is 28.1 Å². The first-order valence-electron chi connectivity index (χ1n) is 5.68. The van der Waals surface area contributed by atoms with Gasteiger partial charge in [0, 0.05) is 28.7 Å². The largest absolute Gasteiger partial charge is 0.336 e. The van der Waals surface area contributed by atoms with Crippen LogP contribution in [0.2, 0.25) is 0 Å². The van der Waals surface area contributed by atoms with Gasteiger partial charge < -0.3 is 4.90 Å². The number of hydrogen-bond acceptors (Lipinski definition) is 2. The monoisotopic (exact) mass is 382 g/mol. The highest BCUT2D eigenvalue weighted by Gasteiger charge is 2.16. The molecule has 0 aliphatic carbocycles. The van der Waals surface area contributed by atoms with E-state index in [1.54, 1.807) is 24.2 Å². The molecule has 2 rings (SSSR count). The summed E-state index contributed by atoms with van der Waals surface area (Å²) in [5.41, 5.74) is 1.50. The molecule has 0 spiro atoms. The van der Waals surface area contributed by atoms with Gasteiger partial charge in [0.1, 0.15) is 5.69 Å². The summed E-state index contributed by atoms with van der Waals surface area (Å²) in [7, 11) is 1.77. The Kier molecular flexibility index (Phi) is 4.71. The molecule has 1 amide bonds. The smallest absolute Gasteiger partial charge is 0.273 e. The van der Waals surface area contributed by atoms with Crippen LogP contribution in [0, 0.1) is 0 Å². The third-order valence-corrected chi connectivity index (χ3v) is 3.75. The summed E-state index contributed by atoms with van der Waals surface area (Å²) in [5, 5.41) is 0. The lowest BCUT2D eigenvalue weighted by molar-refractivity contribution is 0.0778. The van der Waals surface area contributed by atoms with Crippen molar-refractivity contribution in [3.05, 3.63) is 62.8 Å². The zero-order valence-electron chi connectivity index (χ0n) is 10.3. The SMILES string of the molecule is CN(Cc1cccc(Br)c1)C(=O)c1ncccc1Br. The highest BCUT2D eigenvalue weighted by Crippen LogP contribution is 2.17. The maximum Gasteiger partial charge on any atom is 0.273 e. The van der Waals surface area contributed by atoms with Crippen LogP contribution in [0.4, 0.5) is 0 Å². The summed E-state index contributed by atoms with van der Waals surface area (Å²) < 4.78 is 1.71. The molecule has 0 N–H and O–H groups in total. The van der Waals surface area contributed by atoms with Crippen molar-refractivity contribution in [2.75, 3.05) is 7.05 Å². The van der Waals surface area contributed by atoms with E-state index in [4.69, 9.17) is 0 Å². The number of amides is 1. The molecule has 1 heterocycles. The average molecular weight is 384 g/mol. The van der Waals surface area contributed by atoms with Crippen LogP contribution in [-0.4, -0.2) is 22.8 Å². The van der Waals surface area contributed by atoms with Crippen LogP contribution in [0.5, 0.6) is 0 Å². The number of carbonyl (C=O) groups excluding carboxylic acids is 1. The Labute approximate surface area is 128 Å². The van der Waals surface area contributed by atoms with Crippen molar-refractivity contribution in [3.8, 4) is 0 Å². The van der Waals surface area contributed by atoms with Crippen molar-refractivity contribution >= 4 is 37.8 Å². The van der Waals surface area contributed by atoms with E-state index in [1.807, 2.05) is 30.3 Å². The number of pyridine rings is 1. The second-order valence-electron chi connectivity index (χ2n) is 4.12. The fourth-order valence-electron chi connectivity index (χ4n) is 1.70. The lowest BCUT2D eigenvalue weighted by atomic mass is 10.2. The van der Waals surface area contributed by atoms with Gasteiger partial charge >= 0.3 is 0 Å². The van der Waals surface area contributed by atoms with E-state index in [0.717, 1.165) is 10.0 Å². The van der Waals surface area contributed by atoms with E-state index in [0.29, 0.717) is 16.7 Å². The molecule has 0 aliphatic rings. The molecule has 0 aliphatic heterocycles. The van der Waals surface area contributed by atoms with E-state index in [9.17, 15) is 4.79 Å². The van der Waals surface area contributed by atoms with Crippen molar-refractivity contribution in [3.63, 3.8) is 0 Å². The Hall–Kier alpha value is -1.20. The van der Waals surface area contributed by atoms with Gasteiger partial charge in [0.25, 0.3) is 5.91 Å². The molecule has 0 atom stereocenters. The summed E-state index contributed by atoms with van der Waals surface area (Å²) in [6.07, 6.45) is 1.62. The van der Waals surface area contributed by atoms with Crippen LogP contribution in [0.3, 0.4) is 0 Å². The molecular formula is C14H12Br2N2O. The quantitative estimate of drug-likeness (QED) is 0.805. The second-order valence-corrected chi connectivity index (χ2v) is 5.89. The summed E-state index contributed by atoms with van der Waals surface area (Å²) in [6.45, 7) is 0.543. The molecule has 19 heavy (non-hydrogen) atoms. The lowest BCUT2D eigenvalue weighted by Crippen LogP contribution is -2.27. The number of benzene rings is 1. The molecule has 0 saturated carbocycles. The van der Waals surface area contributed by atoms with Gasteiger partial charge in [0.15, 0.2) is 0 Å². The van der Waals surface area contributed by atoms with Crippen LogP contribution >= 0.6 is 31.9 Å². The molecule has 0 fully saturated rings. The summed E-state index contributed by atoms with van der Waals surface area (Å²) in [6, 6.07) is 11.5. The maximum absolute atomic E-state index is 12.3. The van der Waals surface area contributed by atoms with Crippen LogP contribution < -0.4 is 0 Å². The van der Waals surface area contributed by atoms with Gasteiger partial charge in [-0.2, -0.15) is 0 Å². The molecule has 0 bridgehead atoms. The molecular weight excluding hydrogens is 372 g/mol. The average Bonchev–Trinajstić information content (AvgIpc) is 2.38. The Morgan fingerprint density at radius 3 is 2.74 bits per heavy atom. The number of rotatable bonds is 3. The minimum atomic E-state index is -0.104. The minimum absolute atomic E-state index is 0.104. The number of hydrogen-bond donors (Lipinski definition) is 0. The molecule has 3 nitrogen and oxygen atoms in total. The predicted octanol–water partition coefficient (Wildman–Crippen LogP) is 3.88. The first-order valence-corrected chi connectivity index (χ1v) is 7.27. The summed E-state index contributed by atoms with van der Waals surface area (Å²) >= 11 is 6.77. The lowest BCUT2D eigenvalue weighted by Gasteiger charge is -2.17. The molecule has 98 valence electrons. The minimum Gasteiger partial charge on any atom is -0.336 e. The normalized spacial score (nSPS) is 10.3. The Morgan fingerprint density at radius 1 is 1.26 bits per heavy atom. The van der Waals surface area contributed by atoms with Crippen molar-refractivity contribution in [1.82, 2.24) is 9.88 Å². The standard InChI is InChI=1S/C14H12Br2N2O/c1-18(9-10-4-2-5-11(15)8-10)14(19)13-12(16)6-3-7-17-13/h2-8H,9H2,1H3. The van der Waals surface area contributed by atoms with Gasteiger partial charge in [-0.3, -0.25) is 4.79 Å². The first-order chi connectivity index (χ1) is 9.08. The van der Waals surface area contributed by atoms with Crippen LogP contribution in [0.25, 0.3) is 0 Å².